The number of piperazine rings is 1. The molecule has 0 spiro atoms. The fourth-order valence-corrected chi connectivity index (χ4v) is 3.07. The van der Waals surface area contributed by atoms with E-state index in [4.69, 9.17) is 4.42 Å². The summed E-state index contributed by atoms with van der Waals surface area (Å²) in [4.78, 5) is 30.3. The first kappa shape index (κ1) is 17.6. The molecule has 3 aromatic heterocycles. The number of amides is 1. The number of rotatable bonds is 4. The third-order valence-electron chi connectivity index (χ3n) is 4.58. The lowest BCUT2D eigenvalue weighted by molar-refractivity contribution is -0.402. The molecule has 1 saturated heterocycles. The van der Waals surface area contributed by atoms with Gasteiger partial charge in [-0.25, -0.2) is 4.98 Å². The van der Waals surface area contributed by atoms with Gasteiger partial charge in [-0.1, -0.05) is 0 Å². The van der Waals surface area contributed by atoms with Gasteiger partial charge < -0.3 is 14.2 Å². The third-order valence-corrected chi connectivity index (χ3v) is 4.58. The van der Waals surface area contributed by atoms with E-state index >= 15 is 0 Å². The summed E-state index contributed by atoms with van der Waals surface area (Å²) in [6.45, 7) is 3.95. The predicted molar refractivity (Wildman–Crippen MR) is 97.4 cm³/mol. The quantitative estimate of drug-likeness (QED) is 0.490. The molecule has 28 heavy (non-hydrogen) atoms. The number of aromatic nitrogens is 4. The topological polar surface area (TPSA) is 123 Å². The van der Waals surface area contributed by atoms with Crippen LogP contribution in [-0.4, -0.2) is 61.7 Å². The standard InChI is InChI=1S/C17H17N7O4/c1-12-18-6-7-23(12)15-4-3-14(19-20-15)21-8-10-22(11-9-21)17(25)13-2-5-16(28-13)24(26)27/h2-7H,8-11H2,1H3. The summed E-state index contributed by atoms with van der Waals surface area (Å²) in [5.74, 6) is 1.41. The molecule has 0 N–H and O–H groups in total. The van der Waals surface area contributed by atoms with Crippen molar-refractivity contribution < 1.29 is 14.1 Å². The van der Waals surface area contributed by atoms with E-state index in [0.29, 0.717) is 32.0 Å². The summed E-state index contributed by atoms with van der Waals surface area (Å²) >= 11 is 0. The molecule has 0 aromatic carbocycles. The van der Waals surface area contributed by atoms with Crippen LogP contribution >= 0.6 is 0 Å². The Morgan fingerprint density at radius 2 is 1.82 bits per heavy atom. The van der Waals surface area contributed by atoms with Crippen LogP contribution in [0.2, 0.25) is 0 Å². The van der Waals surface area contributed by atoms with Crippen molar-refractivity contribution in [2.45, 2.75) is 6.92 Å². The van der Waals surface area contributed by atoms with E-state index in [0.717, 1.165) is 11.6 Å². The van der Waals surface area contributed by atoms with Crippen LogP contribution in [0.3, 0.4) is 0 Å². The summed E-state index contributed by atoms with van der Waals surface area (Å²) < 4.78 is 6.84. The van der Waals surface area contributed by atoms with Gasteiger partial charge in [0.1, 0.15) is 10.7 Å². The summed E-state index contributed by atoms with van der Waals surface area (Å²) in [6.07, 6.45) is 3.52. The molecule has 4 heterocycles. The summed E-state index contributed by atoms with van der Waals surface area (Å²) in [7, 11) is 0. The zero-order valence-corrected chi connectivity index (χ0v) is 15.1. The van der Waals surface area contributed by atoms with Crippen molar-refractivity contribution in [3.8, 4) is 5.82 Å². The molecule has 0 unspecified atom stereocenters. The molecule has 3 aromatic rings. The lowest BCUT2D eigenvalue weighted by Gasteiger charge is -2.34. The average molecular weight is 383 g/mol. The van der Waals surface area contributed by atoms with Crippen molar-refractivity contribution in [2.75, 3.05) is 31.1 Å². The number of carbonyl (C=O) groups is 1. The first-order valence-electron chi connectivity index (χ1n) is 8.65. The molecule has 1 amide bonds. The van der Waals surface area contributed by atoms with Gasteiger partial charge in [-0.2, -0.15) is 0 Å². The normalized spacial score (nSPS) is 14.3. The van der Waals surface area contributed by atoms with E-state index in [2.05, 4.69) is 15.2 Å². The third kappa shape index (κ3) is 3.29. The largest absolute Gasteiger partial charge is 0.433 e. The highest BCUT2D eigenvalue weighted by molar-refractivity contribution is 5.92. The van der Waals surface area contributed by atoms with Crippen molar-refractivity contribution in [1.29, 1.82) is 0 Å². The maximum atomic E-state index is 12.4. The van der Waals surface area contributed by atoms with E-state index in [-0.39, 0.29) is 11.7 Å². The van der Waals surface area contributed by atoms with Crippen LogP contribution in [0.25, 0.3) is 5.82 Å². The molecule has 0 bridgehead atoms. The molecule has 0 aliphatic carbocycles. The molecule has 4 rings (SSSR count). The first-order valence-corrected chi connectivity index (χ1v) is 8.65. The number of hydrogen-bond acceptors (Lipinski definition) is 8. The minimum atomic E-state index is -0.664. The number of nitrogens with zero attached hydrogens (tertiary/aromatic N) is 7. The van der Waals surface area contributed by atoms with E-state index in [9.17, 15) is 14.9 Å². The zero-order valence-electron chi connectivity index (χ0n) is 15.1. The van der Waals surface area contributed by atoms with Crippen LogP contribution in [-0.2, 0) is 0 Å². The first-order chi connectivity index (χ1) is 13.5. The summed E-state index contributed by atoms with van der Waals surface area (Å²) in [6, 6.07) is 6.27. The Hall–Kier alpha value is -3.76. The Morgan fingerprint density at radius 1 is 1.11 bits per heavy atom. The number of carbonyl (C=O) groups excluding carboxylic acids is 1. The summed E-state index contributed by atoms with van der Waals surface area (Å²) in [5, 5.41) is 19.2. The van der Waals surface area contributed by atoms with Crippen LogP contribution in [0, 0.1) is 17.0 Å². The number of furan rings is 1. The number of imidazole rings is 1. The zero-order chi connectivity index (χ0) is 19.7. The SMILES string of the molecule is Cc1nccn1-c1ccc(N2CCN(C(=O)c3ccc([N+](=O)[O-])o3)CC2)nn1. The molecule has 0 saturated carbocycles. The molecule has 1 aliphatic rings. The van der Waals surface area contributed by atoms with Crippen LogP contribution in [0.1, 0.15) is 16.4 Å². The molecular formula is C17H17N7O4. The van der Waals surface area contributed by atoms with Crippen molar-refractivity contribution >= 4 is 17.6 Å². The fraction of sp³-hybridized carbons (Fsp3) is 0.294. The molecule has 0 radical (unpaired) electrons. The van der Waals surface area contributed by atoms with Gasteiger partial charge >= 0.3 is 5.88 Å². The van der Waals surface area contributed by atoms with Gasteiger partial charge in [-0.05, 0) is 25.1 Å². The molecule has 11 heteroatoms. The van der Waals surface area contributed by atoms with Crippen LogP contribution in [0.5, 0.6) is 0 Å². The molecule has 0 atom stereocenters. The van der Waals surface area contributed by atoms with Gasteiger partial charge in [-0.3, -0.25) is 19.5 Å². The van der Waals surface area contributed by atoms with Crippen LogP contribution in [0.4, 0.5) is 11.7 Å². The van der Waals surface area contributed by atoms with Gasteiger partial charge in [0.25, 0.3) is 5.91 Å². The Kier molecular flexibility index (Phi) is 4.47. The number of hydrogen-bond donors (Lipinski definition) is 0. The minimum absolute atomic E-state index is 0.0278. The van der Waals surface area contributed by atoms with Crippen LogP contribution in [0.15, 0.2) is 41.1 Å². The second-order valence-electron chi connectivity index (χ2n) is 6.27. The molecular weight excluding hydrogens is 366 g/mol. The second-order valence-corrected chi connectivity index (χ2v) is 6.27. The highest BCUT2D eigenvalue weighted by Crippen LogP contribution is 2.19. The predicted octanol–water partition coefficient (Wildman–Crippen LogP) is 1.43. The number of anilines is 1. The lowest BCUT2D eigenvalue weighted by Crippen LogP contribution is -2.49. The van der Waals surface area contributed by atoms with Crippen molar-refractivity contribution in [1.82, 2.24) is 24.6 Å². The molecule has 11 nitrogen and oxygen atoms in total. The number of nitro groups is 1. The highest BCUT2D eigenvalue weighted by atomic mass is 16.6. The van der Waals surface area contributed by atoms with Gasteiger partial charge in [-0.15, -0.1) is 10.2 Å². The van der Waals surface area contributed by atoms with Crippen molar-refractivity contribution in [3.05, 3.63) is 58.4 Å². The fourth-order valence-electron chi connectivity index (χ4n) is 3.07. The molecule has 1 fully saturated rings. The Bertz CT molecular complexity index is 1000. The summed E-state index contributed by atoms with van der Waals surface area (Å²) in [5.41, 5.74) is 0. The average Bonchev–Trinajstić information content (AvgIpc) is 3.37. The Balaban J connectivity index is 1.39. The van der Waals surface area contributed by atoms with E-state index in [1.165, 1.54) is 12.1 Å². The molecule has 144 valence electrons. The van der Waals surface area contributed by atoms with Gasteiger partial charge in [0, 0.05) is 38.6 Å². The Morgan fingerprint density at radius 3 is 2.39 bits per heavy atom. The minimum Gasteiger partial charge on any atom is -0.395 e. The van der Waals surface area contributed by atoms with Crippen molar-refractivity contribution in [2.24, 2.45) is 0 Å². The lowest BCUT2D eigenvalue weighted by atomic mass is 10.3. The van der Waals surface area contributed by atoms with Gasteiger partial charge in [0.05, 0.1) is 6.07 Å². The number of aryl methyl sites for hydroxylation is 1. The van der Waals surface area contributed by atoms with E-state index in [1.807, 2.05) is 34.7 Å². The monoisotopic (exact) mass is 383 g/mol. The second kappa shape index (κ2) is 7.10. The van der Waals surface area contributed by atoms with Gasteiger partial charge in [0.2, 0.25) is 0 Å². The maximum absolute atomic E-state index is 12.4. The smallest absolute Gasteiger partial charge is 0.395 e. The van der Waals surface area contributed by atoms with E-state index < -0.39 is 10.8 Å². The van der Waals surface area contributed by atoms with E-state index in [1.54, 1.807) is 11.1 Å². The molecule has 1 aliphatic heterocycles. The highest BCUT2D eigenvalue weighted by Gasteiger charge is 2.26. The maximum Gasteiger partial charge on any atom is 0.433 e. The van der Waals surface area contributed by atoms with Crippen molar-refractivity contribution in [3.63, 3.8) is 0 Å². The Labute approximate surface area is 159 Å². The van der Waals surface area contributed by atoms with Crippen LogP contribution < -0.4 is 4.90 Å². The van der Waals surface area contributed by atoms with Gasteiger partial charge in [0.15, 0.2) is 17.4 Å².